The van der Waals surface area contributed by atoms with Gasteiger partial charge in [0.2, 0.25) is 5.91 Å². The Morgan fingerprint density at radius 3 is 2.29 bits per heavy atom. The molecule has 0 bridgehead atoms. The van der Waals surface area contributed by atoms with Crippen molar-refractivity contribution in [3.05, 3.63) is 22.4 Å². The highest BCUT2D eigenvalue weighted by Crippen LogP contribution is 2.40. The van der Waals surface area contributed by atoms with Gasteiger partial charge in [-0.05, 0) is 17.9 Å². The van der Waals surface area contributed by atoms with Gasteiger partial charge in [0.05, 0.1) is 16.7 Å². The lowest BCUT2D eigenvalue weighted by Gasteiger charge is -2.34. The Hall–Kier alpha value is -1.89. The monoisotopic (exact) mass is 308 g/mol. The molecule has 3 rings (SSSR count). The minimum absolute atomic E-state index is 0.00642. The number of carboxylic acid groups (broad SMARTS) is 1. The number of aliphatic carboxylic acids is 1. The van der Waals surface area contributed by atoms with Crippen LogP contribution in [0.1, 0.15) is 16.1 Å². The summed E-state index contributed by atoms with van der Waals surface area (Å²) in [4.78, 5) is 39.3. The molecule has 2 unspecified atom stereocenters. The molecule has 1 aromatic rings. The molecule has 1 aliphatic heterocycles. The van der Waals surface area contributed by atoms with Crippen LogP contribution in [0.5, 0.6) is 0 Å². The Kier molecular flexibility index (Phi) is 3.67. The normalized spacial score (nSPS) is 24.8. The van der Waals surface area contributed by atoms with Crippen LogP contribution in [-0.4, -0.2) is 58.9 Å². The van der Waals surface area contributed by atoms with E-state index >= 15 is 0 Å². The van der Waals surface area contributed by atoms with E-state index in [1.54, 1.807) is 15.9 Å². The summed E-state index contributed by atoms with van der Waals surface area (Å²) >= 11 is 1.41. The van der Waals surface area contributed by atoms with Crippen molar-refractivity contribution in [2.24, 2.45) is 11.8 Å². The lowest BCUT2D eigenvalue weighted by molar-refractivity contribution is -0.142. The number of carbonyl (C=O) groups is 3. The van der Waals surface area contributed by atoms with E-state index in [1.165, 1.54) is 11.3 Å². The lowest BCUT2D eigenvalue weighted by atomic mass is 10.2. The largest absolute Gasteiger partial charge is 0.481 e. The molecule has 21 heavy (non-hydrogen) atoms. The highest BCUT2D eigenvalue weighted by molar-refractivity contribution is 7.12. The minimum atomic E-state index is -0.889. The molecular formula is C14H16N2O4S. The van der Waals surface area contributed by atoms with Crippen molar-refractivity contribution in [1.29, 1.82) is 0 Å². The van der Waals surface area contributed by atoms with Gasteiger partial charge in [-0.1, -0.05) is 6.07 Å². The number of hydrogen-bond acceptors (Lipinski definition) is 4. The summed E-state index contributed by atoms with van der Waals surface area (Å²) in [6.45, 7) is 1.98. The Morgan fingerprint density at radius 1 is 1.10 bits per heavy atom. The second-order valence-electron chi connectivity index (χ2n) is 5.38. The molecule has 2 heterocycles. The maximum atomic E-state index is 12.2. The van der Waals surface area contributed by atoms with Crippen molar-refractivity contribution in [1.82, 2.24) is 9.80 Å². The predicted octanol–water partition coefficient (Wildman–Crippen LogP) is 0.753. The van der Waals surface area contributed by atoms with Crippen LogP contribution in [0.25, 0.3) is 0 Å². The standard InChI is InChI=1S/C14H16N2O4S/c17-12(9-8-10(9)14(19)20)15-3-5-16(6-4-15)13(18)11-2-1-7-21-11/h1-2,7,9-10H,3-6,8H2,(H,19,20). The number of amides is 2. The Morgan fingerprint density at radius 2 is 1.76 bits per heavy atom. The second-order valence-corrected chi connectivity index (χ2v) is 6.33. The maximum absolute atomic E-state index is 12.2. The van der Waals surface area contributed by atoms with Gasteiger partial charge in [0.1, 0.15) is 0 Å². The summed E-state index contributed by atoms with van der Waals surface area (Å²) in [5.41, 5.74) is 0. The molecule has 1 saturated carbocycles. The average Bonchev–Trinajstić information content (AvgIpc) is 3.12. The highest BCUT2D eigenvalue weighted by atomic mass is 32.1. The van der Waals surface area contributed by atoms with Crippen molar-refractivity contribution < 1.29 is 19.5 Å². The summed E-state index contributed by atoms with van der Waals surface area (Å²) in [6.07, 6.45) is 0.447. The van der Waals surface area contributed by atoms with Gasteiger partial charge in [-0.25, -0.2) is 0 Å². The summed E-state index contributed by atoms with van der Waals surface area (Å²) in [7, 11) is 0. The first-order chi connectivity index (χ1) is 10.1. The van der Waals surface area contributed by atoms with Crippen molar-refractivity contribution in [2.45, 2.75) is 6.42 Å². The molecule has 2 atom stereocenters. The van der Waals surface area contributed by atoms with E-state index < -0.39 is 11.9 Å². The van der Waals surface area contributed by atoms with Crippen molar-refractivity contribution in [2.75, 3.05) is 26.2 Å². The topological polar surface area (TPSA) is 77.9 Å². The van der Waals surface area contributed by atoms with Crippen molar-refractivity contribution >= 4 is 29.1 Å². The fraction of sp³-hybridized carbons (Fsp3) is 0.500. The zero-order valence-corrected chi connectivity index (χ0v) is 12.2. The van der Waals surface area contributed by atoms with Crippen LogP contribution in [0.3, 0.4) is 0 Å². The molecule has 1 aliphatic carbocycles. The first kappa shape index (κ1) is 14.1. The number of rotatable bonds is 3. The Balaban J connectivity index is 1.53. The smallest absolute Gasteiger partial charge is 0.307 e. The number of hydrogen-bond donors (Lipinski definition) is 1. The van der Waals surface area contributed by atoms with E-state index in [9.17, 15) is 14.4 Å². The summed E-state index contributed by atoms with van der Waals surface area (Å²) in [5, 5.41) is 10.7. The van der Waals surface area contributed by atoms with Crippen LogP contribution in [-0.2, 0) is 9.59 Å². The van der Waals surface area contributed by atoms with Crippen LogP contribution < -0.4 is 0 Å². The number of nitrogens with zero attached hydrogens (tertiary/aromatic N) is 2. The van der Waals surface area contributed by atoms with Crippen LogP contribution in [0.4, 0.5) is 0 Å². The third-order valence-corrected chi connectivity index (χ3v) is 4.89. The van der Waals surface area contributed by atoms with Gasteiger partial charge in [-0.2, -0.15) is 0 Å². The third-order valence-electron chi connectivity index (χ3n) is 4.04. The van der Waals surface area contributed by atoms with Crippen LogP contribution >= 0.6 is 11.3 Å². The molecule has 1 saturated heterocycles. The summed E-state index contributed by atoms with van der Waals surface area (Å²) in [6, 6.07) is 3.64. The molecule has 2 aliphatic rings. The SMILES string of the molecule is O=C(O)C1CC1C(=O)N1CCN(C(=O)c2cccs2)CC1. The molecule has 2 fully saturated rings. The van der Waals surface area contributed by atoms with E-state index in [1.807, 2.05) is 11.4 Å². The van der Waals surface area contributed by atoms with E-state index in [0.29, 0.717) is 37.5 Å². The van der Waals surface area contributed by atoms with Crippen molar-refractivity contribution in [3.63, 3.8) is 0 Å². The van der Waals surface area contributed by atoms with Crippen LogP contribution in [0.15, 0.2) is 17.5 Å². The minimum Gasteiger partial charge on any atom is -0.481 e. The van der Waals surface area contributed by atoms with E-state index in [0.717, 1.165) is 0 Å². The molecule has 7 heteroatoms. The fourth-order valence-electron chi connectivity index (χ4n) is 2.66. The number of carboxylic acids is 1. The van der Waals surface area contributed by atoms with Gasteiger partial charge >= 0.3 is 5.97 Å². The molecule has 1 N–H and O–H groups in total. The molecule has 0 radical (unpaired) electrons. The summed E-state index contributed by atoms with van der Waals surface area (Å²) < 4.78 is 0. The van der Waals surface area contributed by atoms with E-state index in [4.69, 9.17) is 5.11 Å². The Labute approximate surface area is 126 Å². The highest BCUT2D eigenvalue weighted by Gasteiger charge is 2.50. The molecule has 0 spiro atoms. The van der Waals surface area contributed by atoms with Gasteiger partial charge in [0, 0.05) is 26.2 Å². The van der Waals surface area contributed by atoms with E-state index in [2.05, 4.69) is 0 Å². The molecule has 6 nitrogen and oxygen atoms in total. The molecule has 112 valence electrons. The zero-order chi connectivity index (χ0) is 15.0. The van der Waals surface area contributed by atoms with Gasteiger partial charge in [-0.3, -0.25) is 14.4 Å². The van der Waals surface area contributed by atoms with Gasteiger partial charge in [0.25, 0.3) is 5.91 Å². The quantitative estimate of drug-likeness (QED) is 0.894. The number of thiophene rings is 1. The average molecular weight is 308 g/mol. The molecule has 1 aromatic heterocycles. The summed E-state index contributed by atoms with van der Waals surface area (Å²) in [5.74, 6) is -1.83. The van der Waals surface area contributed by atoms with Crippen molar-refractivity contribution in [3.8, 4) is 0 Å². The first-order valence-corrected chi connectivity index (χ1v) is 7.80. The number of carbonyl (C=O) groups excluding carboxylic acids is 2. The second kappa shape index (κ2) is 5.48. The predicted molar refractivity (Wildman–Crippen MR) is 76.0 cm³/mol. The third kappa shape index (κ3) is 2.78. The van der Waals surface area contributed by atoms with Gasteiger partial charge < -0.3 is 14.9 Å². The lowest BCUT2D eigenvalue weighted by Crippen LogP contribution is -2.51. The fourth-order valence-corrected chi connectivity index (χ4v) is 3.35. The number of piperazine rings is 1. The molecular weight excluding hydrogens is 292 g/mol. The van der Waals surface area contributed by atoms with E-state index in [-0.39, 0.29) is 17.7 Å². The van der Waals surface area contributed by atoms with Gasteiger partial charge in [-0.15, -0.1) is 11.3 Å². The molecule has 2 amide bonds. The maximum Gasteiger partial charge on any atom is 0.307 e. The van der Waals surface area contributed by atoms with Crippen LogP contribution in [0.2, 0.25) is 0 Å². The van der Waals surface area contributed by atoms with Crippen LogP contribution in [0, 0.1) is 11.8 Å². The van der Waals surface area contributed by atoms with Gasteiger partial charge in [0.15, 0.2) is 0 Å². The first-order valence-electron chi connectivity index (χ1n) is 6.92. The zero-order valence-electron chi connectivity index (χ0n) is 11.4. The molecule has 0 aromatic carbocycles. The Bertz CT molecular complexity index is 564.